The normalized spacial score (nSPS) is 15.1. The van der Waals surface area contributed by atoms with E-state index in [2.05, 4.69) is 31.3 Å². The van der Waals surface area contributed by atoms with Gasteiger partial charge in [0, 0.05) is 27.5 Å². The van der Waals surface area contributed by atoms with Crippen LogP contribution in [0.15, 0.2) is 59.5 Å². The number of halogens is 1. The molecular weight excluding hydrogens is 408 g/mol. The first-order chi connectivity index (χ1) is 13.2. The SMILES string of the molecule is COc1cc(Br)c([C@H]2Nc3ccccc3-c3ncnn4ccc2c34)cc1O. The van der Waals surface area contributed by atoms with Crippen LogP contribution >= 0.6 is 15.9 Å². The van der Waals surface area contributed by atoms with Crippen molar-refractivity contribution >= 4 is 27.1 Å². The van der Waals surface area contributed by atoms with E-state index in [-0.39, 0.29) is 11.8 Å². The zero-order chi connectivity index (χ0) is 18.5. The Balaban J connectivity index is 1.81. The number of ether oxygens (including phenoxy) is 1. The molecule has 0 saturated carbocycles. The molecule has 4 aromatic rings. The second-order valence-electron chi connectivity index (χ2n) is 6.34. The van der Waals surface area contributed by atoms with Crippen LogP contribution in [0.1, 0.15) is 17.2 Å². The molecule has 0 bridgehead atoms. The molecule has 27 heavy (non-hydrogen) atoms. The molecule has 6 nitrogen and oxygen atoms in total. The Kier molecular flexibility index (Phi) is 3.58. The smallest absolute Gasteiger partial charge is 0.161 e. The maximum absolute atomic E-state index is 10.3. The lowest BCUT2D eigenvalue weighted by molar-refractivity contribution is 0.372. The van der Waals surface area contributed by atoms with Crippen molar-refractivity contribution < 1.29 is 9.84 Å². The van der Waals surface area contributed by atoms with E-state index in [1.807, 2.05) is 41.0 Å². The van der Waals surface area contributed by atoms with Gasteiger partial charge >= 0.3 is 0 Å². The molecule has 1 atom stereocenters. The highest BCUT2D eigenvalue weighted by atomic mass is 79.9. The van der Waals surface area contributed by atoms with Crippen molar-refractivity contribution in [2.75, 3.05) is 12.4 Å². The summed E-state index contributed by atoms with van der Waals surface area (Å²) in [6.07, 6.45) is 3.49. The monoisotopic (exact) mass is 422 g/mol. The molecule has 0 spiro atoms. The third kappa shape index (κ3) is 2.39. The van der Waals surface area contributed by atoms with Gasteiger partial charge in [-0.05, 0) is 29.8 Å². The van der Waals surface area contributed by atoms with E-state index in [0.29, 0.717) is 5.75 Å². The van der Waals surface area contributed by atoms with E-state index in [0.717, 1.165) is 38.1 Å². The number of rotatable bonds is 2. The lowest BCUT2D eigenvalue weighted by atomic mass is 9.99. The average Bonchev–Trinajstić information content (AvgIpc) is 3.06. The minimum absolute atomic E-state index is 0.0926. The Labute approximate surface area is 163 Å². The quantitative estimate of drug-likeness (QED) is 0.501. The van der Waals surface area contributed by atoms with Crippen LogP contribution in [0.25, 0.3) is 16.8 Å². The molecular formula is C20H15BrN4O2. The van der Waals surface area contributed by atoms with Gasteiger partial charge in [-0.25, -0.2) is 9.50 Å². The molecule has 2 aromatic heterocycles. The molecule has 0 aliphatic carbocycles. The van der Waals surface area contributed by atoms with Crippen LogP contribution in [-0.4, -0.2) is 26.8 Å². The minimum atomic E-state index is -0.199. The number of phenolic OH excluding ortho intramolecular Hbond substituents is 1. The van der Waals surface area contributed by atoms with Crippen molar-refractivity contribution in [2.24, 2.45) is 0 Å². The van der Waals surface area contributed by atoms with E-state index in [1.165, 1.54) is 7.11 Å². The standard InChI is InChI=1S/C20H15BrN4O2/c1-27-17-9-14(21)13(8-16(17)26)18-12-6-7-25-20(12)19(22-10-23-25)11-4-2-3-5-15(11)24-18/h2-10,18,24,26H,1H3/t18-/m0/s1. The van der Waals surface area contributed by atoms with Crippen molar-refractivity contribution in [3.05, 3.63) is 70.6 Å². The molecule has 1 aliphatic rings. The van der Waals surface area contributed by atoms with Gasteiger partial charge in [-0.15, -0.1) is 0 Å². The Morgan fingerprint density at radius 2 is 2.04 bits per heavy atom. The van der Waals surface area contributed by atoms with Crippen LogP contribution in [0, 0.1) is 0 Å². The summed E-state index contributed by atoms with van der Waals surface area (Å²) in [5.41, 5.74) is 5.74. The Morgan fingerprint density at radius 3 is 2.89 bits per heavy atom. The number of nitrogens with one attached hydrogen (secondary N) is 1. The van der Waals surface area contributed by atoms with Gasteiger partial charge in [0.15, 0.2) is 11.5 Å². The number of aromatic nitrogens is 3. The highest BCUT2D eigenvalue weighted by Gasteiger charge is 2.28. The first-order valence-corrected chi connectivity index (χ1v) is 9.21. The van der Waals surface area contributed by atoms with Gasteiger partial charge in [-0.1, -0.05) is 34.1 Å². The lowest BCUT2D eigenvalue weighted by Gasteiger charge is -2.21. The number of fused-ring (bicyclic) bond motifs is 2. The summed E-state index contributed by atoms with van der Waals surface area (Å²) in [7, 11) is 1.53. The second-order valence-corrected chi connectivity index (χ2v) is 7.20. The lowest BCUT2D eigenvalue weighted by Crippen LogP contribution is -2.12. The molecule has 2 aromatic carbocycles. The highest BCUT2D eigenvalue weighted by molar-refractivity contribution is 9.10. The summed E-state index contributed by atoms with van der Waals surface area (Å²) >= 11 is 3.63. The number of hydrogen-bond acceptors (Lipinski definition) is 5. The molecule has 7 heteroatoms. The predicted molar refractivity (Wildman–Crippen MR) is 106 cm³/mol. The summed E-state index contributed by atoms with van der Waals surface area (Å²) in [4.78, 5) is 4.55. The third-order valence-corrected chi connectivity index (χ3v) is 5.57. The van der Waals surface area contributed by atoms with Crippen molar-refractivity contribution in [1.29, 1.82) is 0 Å². The number of aromatic hydroxyl groups is 1. The molecule has 0 radical (unpaired) electrons. The van der Waals surface area contributed by atoms with E-state index < -0.39 is 0 Å². The average molecular weight is 423 g/mol. The molecule has 0 amide bonds. The zero-order valence-electron chi connectivity index (χ0n) is 14.3. The largest absolute Gasteiger partial charge is 0.504 e. The fraction of sp³-hybridized carbons (Fsp3) is 0.100. The molecule has 0 fully saturated rings. The molecule has 134 valence electrons. The van der Waals surface area contributed by atoms with E-state index in [4.69, 9.17) is 4.74 Å². The Bertz CT molecular complexity index is 1190. The summed E-state index contributed by atoms with van der Waals surface area (Å²) in [5.74, 6) is 0.514. The molecule has 3 heterocycles. The number of phenols is 1. The van der Waals surface area contributed by atoms with Crippen molar-refractivity contribution in [1.82, 2.24) is 14.6 Å². The van der Waals surface area contributed by atoms with Gasteiger partial charge in [0.05, 0.1) is 18.7 Å². The van der Waals surface area contributed by atoms with Crippen LogP contribution in [0.5, 0.6) is 11.5 Å². The number of anilines is 1. The molecule has 5 rings (SSSR count). The number of nitrogens with zero attached hydrogens (tertiary/aromatic N) is 3. The minimum Gasteiger partial charge on any atom is -0.504 e. The number of para-hydroxylation sites is 1. The van der Waals surface area contributed by atoms with Crippen LogP contribution < -0.4 is 10.1 Å². The molecule has 1 aliphatic heterocycles. The molecule has 0 saturated heterocycles. The molecule has 2 N–H and O–H groups in total. The summed E-state index contributed by atoms with van der Waals surface area (Å²) in [5, 5.41) is 18.3. The summed E-state index contributed by atoms with van der Waals surface area (Å²) in [6, 6.07) is 13.4. The zero-order valence-corrected chi connectivity index (χ0v) is 15.9. The van der Waals surface area contributed by atoms with Gasteiger partial charge < -0.3 is 15.2 Å². The Hall–Kier alpha value is -3.06. The number of benzene rings is 2. The third-order valence-electron chi connectivity index (χ3n) is 4.89. The first kappa shape index (κ1) is 16.1. The van der Waals surface area contributed by atoms with Gasteiger partial charge in [0.2, 0.25) is 0 Å². The van der Waals surface area contributed by atoms with Crippen molar-refractivity contribution in [3.8, 4) is 22.8 Å². The van der Waals surface area contributed by atoms with Crippen LogP contribution in [0.4, 0.5) is 5.69 Å². The highest BCUT2D eigenvalue weighted by Crippen LogP contribution is 2.44. The second kappa shape index (κ2) is 5.99. The van der Waals surface area contributed by atoms with Crippen LogP contribution in [0.3, 0.4) is 0 Å². The van der Waals surface area contributed by atoms with Gasteiger partial charge in [0.1, 0.15) is 12.0 Å². The molecule has 0 unspecified atom stereocenters. The van der Waals surface area contributed by atoms with Gasteiger partial charge in [-0.3, -0.25) is 0 Å². The Morgan fingerprint density at radius 1 is 1.19 bits per heavy atom. The number of hydrogen-bond donors (Lipinski definition) is 2. The topological polar surface area (TPSA) is 71.7 Å². The fourth-order valence-electron chi connectivity index (χ4n) is 3.65. The van der Waals surface area contributed by atoms with Crippen LogP contribution in [-0.2, 0) is 0 Å². The maximum atomic E-state index is 10.3. The number of methoxy groups -OCH3 is 1. The van der Waals surface area contributed by atoms with Crippen molar-refractivity contribution in [2.45, 2.75) is 6.04 Å². The first-order valence-electron chi connectivity index (χ1n) is 8.42. The van der Waals surface area contributed by atoms with Crippen molar-refractivity contribution in [3.63, 3.8) is 0 Å². The van der Waals surface area contributed by atoms with E-state index in [1.54, 1.807) is 18.5 Å². The summed E-state index contributed by atoms with van der Waals surface area (Å²) < 4.78 is 7.90. The van der Waals surface area contributed by atoms with Gasteiger partial charge in [-0.2, -0.15) is 5.10 Å². The fourth-order valence-corrected chi connectivity index (χ4v) is 4.20. The predicted octanol–water partition coefficient (Wildman–Crippen LogP) is 4.39. The van der Waals surface area contributed by atoms with E-state index in [9.17, 15) is 5.11 Å². The van der Waals surface area contributed by atoms with Crippen LogP contribution in [0.2, 0.25) is 0 Å². The van der Waals surface area contributed by atoms with E-state index >= 15 is 0 Å². The summed E-state index contributed by atoms with van der Waals surface area (Å²) in [6.45, 7) is 0. The van der Waals surface area contributed by atoms with Gasteiger partial charge in [0.25, 0.3) is 0 Å². The maximum Gasteiger partial charge on any atom is 0.161 e.